The number of benzene rings is 2. The molecule has 2 aromatic carbocycles. The Morgan fingerprint density at radius 1 is 1.11 bits per heavy atom. The van der Waals surface area contributed by atoms with Crippen LogP contribution >= 0.6 is 0 Å². The summed E-state index contributed by atoms with van der Waals surface area (Å²) >= 11 is 0. The standard InChI is InChI=1S/C22H26FNO3/c1-26-19-8-9-20(27-2)16(14-19)10-13-24-21(25)22(11-3-4-12-22)17-6-5-7-18(23)15-17/h5-9,14-15H,3-4,10-13H2,1-2H3,(H,24,25). The third-order valence-corrected chi connectivity index (χ3v) is 5.44. The van der Waals surface area contributed by atoms with Crippen molar-refractivity contribution in [2.24, 2.45) is 0 Å². The van der Waals surface area contributed by atoms with Gasteiger partial charge in [-0.1, -0.05) is 25.0 Å². The SMILES string of the molecule is COc1ccc(OC)c(CCNC(=O)C2(c3cccc(F)c3)CCCC2)c1. The van der Waals surface area contributed by atoms with Crippen LogP contribution in [0.25, 0.3) is 0 Å². The van der Waals surface area contributed by atoms with Crippen molar-refractivity contribution >= 4 is 5.91 Å². The monoisotopic (exact) mass is 371 g/mol. The van der Waals surface area contributed by atoms with E-state index in [1.54, 1.807) is 20.3 Å². The van der Waals surface area contributed by atoms with Gasteiger partial charge in [0.2, 0.25) is 5.91 Å². The van der Waals surface area contributed by atoms with Gasteiger partial charge in [-0.2, -0.15) is 0 Å². The second kappa shape index (κ2) is 8.42. The Kier molecular flexibility index (Phi) is 5.99. The number of carbonyl (C=O) groups excluding carboxylic acids is 1. The van der Waals surface area contributed by atoms with Gasteiger partial charge < -0.3 is 14.8 Å². The molecule has 0 saturated heterocycles. The molecule has 2 aromatic rings. The molecule has 1 saturated carbocycles. The number of nitrogens with one attached hydrogen (secondary N) is 1. The molecule has 3 rings (SSSR count). The summed E-state index contributed by atoms with van der Waals surface area (Å²) < 4.78 is 24.4. The minimum Gasteiger partial charge on any atom is -0.497 e. The van der Waals surface area contributed by atoms with Crippen LogP contribution in [0.1, 0.15) is 36.8 Å². The molecule has 27 heavy (non-hydrogen) atoms. The Hall–Kier alpha value is -2.56. The summed E-state index contributed by atoms with van der Waals surface area (Å²) in [4.78, 5) is 13.1. The lowest BCUT2D eigenvalue weighted by Gasteiger charge is -2.28. The molecular formula is C22H26FNO3. The Labute approximate surface area is 159 Å². The van der Waals surface area contributed by atoms with Crippen LogP contribution in [-0.2, 0) is 16.6 Å². The van der Waals surface area contributed by atoms with Crippen LogP contribution in [0, 0.1) is 5.82 Å². The number of ether oxygens (including phenoxy) is 2. The van der Waals surface area contributed by atoms with Gasteiger partial charge in [0, 0.05) is 6.54 Å². The molecule has 5 heteroatoms. The first kappa shape index (κ1) is 19.2. The zero-order valence-electron chi connectivity index (χ0n) is 15.9. The van der Waals surface area contributed by atoms with Crippen molar-refractivity contribution in [1.82, 2.24) is 5.32 Å². The van der Waals surface area contributed by atoms with Gasteiger partial charge in [-0.15, -0.1) is 0 Å². The topological polar surface area (TPSA) is 47.6 Å². The van der Waals surface area contributed by atoms with Gasteiger partial charge in [-0.05, 0) is 60.7 Å². The summed E-state index contributed by atoms with van der Waals surface area (Å²) in [7, 11) is 3.25. The van der Waals surface area contributed by atoms with E-state index >= 15 is 0 Å². The molecule has 1 amide bonds. The minimum atomic E-state index is -0.624. The van der Waals surface area contributed by atoms with Crippen LogP contribution in [-0.4, -0.2) is 26.7 Å². The van der Waals surface area contributed by atoms with Crippen LogP contribution in [0.2, 0.25) is 0 Å². The highest BCUT2D eigenvalue weighted by molar-refractivity contribution is 5.88. The number of carbonyl (C=O) groups is 1. The molecule has 0 spiro atoms. The first-order valence-corrected chi connectivity index (χ1v) is 9.34. The van der Waals surface area contributed by atoms with E-state index in [-0.39, 0.29) is 11.7 Å². The molecule has 1 fully saturated rings. The predicted octanol–water partition coefficient (Wildman–Crippen LogP) is 4.01. The van der Waals surface area contributed by atoms with Crippen molar-refractivity contribution in [2.75, 3.05) is 20.8 Å². The fourth-order valence-corrected chi connectivity index (χ4v) is 3.97. The summed E-state index contributed by atoms with van der Waals surface area (Å²) in [6.07, 6.45) is 4.10. The zero-order valence-corrected chi connectivity index (χ0v) is 15.9. The molecule has 0 heterocycles. The highest BCUT2D eigenvalue weighted by atomic mass is 19.1. The molecule has 0 radical (unpaired) electrons. The van der Waals surface area contributed by atoms with Gasteiger partial charge in [-0.25, -0.2) is 4.39 Å². The Morgan fingerprint density at radius 3 is 2.56 bits per heavy atom. The number of halogens is 1. The van der Waals surface area contributed by atoms with Gasteiger partial charge in [0.15, 0.2) is 0 Å². The number of hydrogen-bond donors (Lipinski definition) is 1. The quantitative estimate of drug-likeness (QED) is 0.800. The van der Waals surface area contributed by atoms with E-state index in [1.807, 2.05) is 24.3 Å². The maximum Gasteiger partial charge on any atom is 0.230 e. The van der Waals surface area contributed by atoms with Crippen molar-refractivity contribution < 1.29 is 18.7 Å². The molecule has 144 valence electrons. The Bertz CT molecular complexity index is 800. The van der Waals surface area contributed by atoms with E-state index in [4.69, 9.17) is 9.47 Å². The minimum absolute atomic E-state index is 0.0209. The van der Waals surface area contributed by atoms with Crippen molar-refractivity contribution in [3.63, 3.8) is 0 Å². The normalized spacial score (nSPS) is 15.4. The molecule has 4 nitrogen and oxygen atoms in total. The van der Waals surface area contributed by atoms with E-state index in [0.717, 1.165) is 48.3 Å². The molecular weight excluding hydrogens is 345 g/mol. The van der Waals surface area contributed by atoms with Gasteiger partial charge >= 0.3 is 0 Å². The van der Waals surface area contributed by atoms with Crippen LogP contribution in [0.3, 0.4) is 0 Å². The van der Waals surface area contributed by atoms with Gasteiger partial charge in [0.1, 0.15) is 17.3 Å². The summed E-state index contributed by atoms with van der Waals surface area (Å²) in [5.74, 6) is 1.20. The van der Waals surface area contributed by atoms with E-state index in [9.17, 15) is 9.18 Å². The van der Waals surface area contributed by atoms with Crippen LogP contribution in [0.5, 0.6) is 11.5 Å². The van der Waals surface area contributed by atoms with Crippen LogP contribution in [0.4, 0.5) is 4.39 Å². The fourth-order valence-electron chi connectivity index (χ4n) is 3.97. The van der Waals surface area contributed by atoms with Crippen molar-refractivity contribution in [1.29, 1.82) is 0 Å². The molecule has 0 aliphatic heterocycles. The maximum atomic E-state index is 13.7. The van der Waals surface area contributed by atoms with E-state index in [1.165, 1.54) is 12.1 Å². The summed E-state index contributed by atoms with van der Waals surface area (Å²) in [6.45, 7) is 0.486. The smallest absolute Gasteiger partial charge is 0.230 e. The highest BCUT2D eigenvalue weighted by Crippen LogP contribution is 2.41. The van der Waals surface area contributed by atoms with E-state index in [2.05, 4.69) is 5.32 Å². The van der Waals surface area contributed by atoms with Gasteiger partial charge in [-0.3, -0.25) is 4.79 Å². The molecule has 0 unspecified atom stereocenters. The Balaban J connectivity index is 1.71. The lowest BCUT2D eigenvalue weighted by Crippen LogP contribution is -2.43. The maximum absolute atomic E-state index is 13.7. The molecule has 0 atom stereocenters. The average Bonchev–Trinajstić information content (AvgIpc) is 3.19. The molecule has 1 N–H and O–H groups in total. The van der Waals surface area contributed by atoms with Crippen LogP contribution < -0.4 is 14.8 Å². The first-order chi connectivity index (χ1) is 13.1. The number of rotatable bonds is 7. The third kappa shape index (κ3) is 4.07. The first-order valence-electron chi connectivity index (χ1n) is 9.34. The average molecular weight is 371 g/mol. The molecule has 1 aliphatic rings. The number of methoxy groups -OCH3 is 2. The zero-order chi connectivity index (χ0) is 19.3. The third-order valence-electron chi connectivity index (χ3n) is 5.44. The van der Waals surface area contributed by atoms with Gasteiger partial charge in [0.05, 0.1) is 19.6 Å². The number of amides is 1. The molecule has 0 bridgehead atoms. The van der Waals surface area contributed by atoms with Crippen molar-refractivity contribution in [3.8, 4) is 11.5 Å². The van der Waals surface area contributed by atoms with Gasteiger partial charge in [0.25, 0.3) is 0 Å². The summed E-state index contributed by atoms with van der Waals surface area (Å²) in [5, 5.41) is 3.06. The largest absolute Gasteiger partial charge is 0.497 e. The lowest BCUT2D eigenvalue weighted by atomic mass is 9.78. The molecule has 0 aromatic heterocycles. The highest BCUT2D eigenvalue weighted by Gasteiger charge is 2.42. The van der Waals surface area contributed by atoms with E-state index < -0.39 is 5.41 Å². The second-order valence-corrected chi connectivity index (χ2v) is 6.98. The molecule has 1 aliphatic carbocycles. The Morgan fingerprint density at radius 2 is 1.89 bits per heavy atom. The van der Waals surface area contributed by atoms with Crippen molar-refractivity contribution in [2.45, 2.75) is 37.5 Å². The van der Waals surface area contributed by atoms with Crippen molar-refractivity contribution in [3.05, 3.63) is 59.4 Å². The predicted molar refractivity (Wildman–Crippen MR) is 103 cm³/mol. The lowest BCUT2D eigenvalue weighted by molar-refractivity contribution is -0.126. The summed E-state index contributed by atoms with van der Waals surface area (Å²) in [6, 6.07) is 12.1. The second-order valence-electron chi connectivity index (χ2n) is 6.98. The fraction of sp³-hybridized carbons (Fsp3) is 0.409. The number of hydrogen-bond acceptors (Lipinski definition) is 3. The van der Waals surface area contributed by atoms with E-state index in [0.29, 0.717) is 13.0 Å². The van der Waals surface area contributed by atoms with Crippen LogP contribution in [0.15, 0.2) is 42.5 Å². The summed E-state index contributed by atoms with van der Waals surface area (Å²) in [5.41, 5.74) is 1.13.